The molecular weight excluding hydrogens is 292 g/mol. The Bertz CT molecular complexity index is 546. The largest absolute Gasteiger partial charge is 0.338 e. The van der Waals surface area contributed by atoms with Crippen molar-refractivity contribution in [1.82, 2.24) is 4.90 Å². The Hall–Kier alpha value is -1.62. The van der Waals surface area contributed by atoms with Crippen molar-refractivity contribution in [2.45, 2.75) is 26.2 Å². The first kappa shape index (κ1) is 15.8. The van der Waals surface area contributed by atoms with E-state index < -0.39 is 4.92 Å². The molecule has 1 aliphatic heterocycles. The number of carbonyl (C=O) groups is 1. The van der Waals surface area contributed by atoms with Crippen LogP contribution in [0.15, 0.2) is 18.2 Å². The third kappa shape index (κ3) is 3.53. The third-order valence-corrected chi connectivity index (χ3v) is 4.19. The number of carbonyl (C=O) groups excluding carboxylic acids is 1. The molecule has 0 N–H and O–H groups in total. The average Bonchev–Trinajstić information content (AvgIpc) is 2.46. The lowest BCUT2D eigenvalue weighted by molar-refractivity contribution is -0.385. The maximum Gasteiger partial charge on any atom is 0.285 e. The molecule has 0 spiro atoms. The van der Waals surface area contributed by atoms with Gasteiger partial charge in [-0.1, -0.05) is 12.1 Å². The lowest BCUT2D eigenvalue weighted by Gasteiger charge is -2.32. The van der Waals surface area contributed by atoms with Crippen LogP contribution < -0.4 is 0 Å². The van der Waals surface area contributed by atoms with Crippen LogP contribution in [-0.2, 0) is 0 Å². The molecule has 5 nitrogen and oxygen atoms in total. The van der Waals surface area contributed by atoms with Crippen molar-refractivity contribution in [1.29, 1.82) is 0 Å². The zero-order valence-electron chi connectivity index (χ0n) is 12.0. The molecule has 0 saturated carbocycles. The molecule has 1 unspecified atom stereocenters. The fraction of sp³-hybridized carbons (Fsp3) is 0.533. The van der Waals surface area contributed by atoms with E-state index >= 15 is 0 Å². The first-order chi connectivity index (χ1) is 10.0. The van der Waals surface area contributed by atoms with Crippen molar-refractivity contribution in [2.24, 2.45) is 5.92 Å². The maximum atomic E-state index is 12.6. The summed E-state index contributed by atoms with van der Waals surface area (Å²) in [5.74, 6) is 0.728. The number of para-hydroxylation sites is 1. The molecule has 0 radical (unpaired) electrons. The quantitative estimate of drug-likeness (QED) is 0.486. The van der Waals surface area contributed by atoms with Gasteiger partial charge in [0.1, 0.15) is 5.56 Å². The van der Waals surface area contributed by atoms with Gasteiger partial charge in [-0.25, -0.2) is 0 Å². The molecule has 1 aromatic carbocycles. The summed E-state index contributed by atoms with van der Waals surface area (Å²) >= 11 is 5.77. The molecule has 0 aromatic heterocycles. The number of nitro benzene ring substituents is 1. The minimum atomic E-state index is -0.469. The molecule has 0 bridgehead atoms. The summed E-state index contributed by atoms with van der Waals surface area (Å²) in [4.78, 5) is 25.1. The molecule has 2 rings (SSSR count). The first-order valence-corrected chi connectivity index (χ1v) is 7.67. The maximum absolute atomic E-state index is 12.6. The Kier molecular flexibility index (Phi) is 5.17. The zero-order chi connectivity index (χ0) is 15.4. The normalized spacial score (nSPS) is 18.6. The Morgan fingerprint density at radius 1 is 1.52 bits per heavy atom. The number of rotatable bonds is 4. The van der Waals surface area contributed by atoms with Crippen LogP contribution in [0.3, 0.4) is 0 Å². The highest BCUT2D eigenvalue weighted by Gasteiger charge is 2.29. The van der Waals surface area contributed by atoms with Gasteiger partial charge in [0.25, 0.3) is 11.6 Å². The van der Waals surface area contributed by atoms with Crippen LogP contribution in [0.5, 0.6) is 0 Å². The Labute approximate surface area is 129 Å². The number of hydrogen-bond donors (Lipinski definition) is 0. The molecule has 1 fully saturated rings. The highest BCUT2D eigenvalue weighted by atomic mass is 35.5. The van der Waals surface area contributed by atoms with Crippen LogP contribution in [-0.4, -0.2) is 34.7 Å². The highest BCUT2D eigenvalue weighted by molar-refractivity contribution is 6.17. The van der Waals surface area contributed by atoms with E-state index in [9.17, 15) is 14.9 Å². The number of amides is 1. The summed E-state index contributed by atoms with van der Waals surface area (Å²) in [7, 11) is 0. The van der Waals surface area contributed by atoms with Crippen LogP contribution in [0.2, 0.25) is 0 Å². The van der Waals surface area contributed by atoms with Crippen LogP contribution >= 0.6 is 11.6 Å². The Morgan fingerprint density at radius 2 is 2.29 bits per heavy atom. The van der Waals surface area contributed by atoms with Crippen molar-refractivity contribution >= 4 is 23.2 Å². The summed E-state index contributed by atoms with van der Waals surface area (Å²) in [5, 5.41) is 11.2. The average molecular weight is 311 g/mol. The topological polar surface area (TPSA) is 63.5 Å². The number of halogens is 1. The second kappa shape index (κ2) is 6.89. The highest BCUT2D eigenvalue weighted by Crippen LogP contribution is 2.27. The number of piperidine rings is 1. The fourth-order valence-electron chi connectivity index (χ4n) is 2.88. The van der Waals surface area contributed by atoms with Gasteiger partial charge >= 0.3 is 0 Å². The predicted molar refractivity (Wildman–Crippen MR) is 81.8 cm³/mol. The Morgan fingerprint density at radius 3 is 2.95 bits per heavy atom. The van der Waals surface area contributed by atoms with E-state index in [1.807, 2.05) is 0 Å². The van der Waals surface area contributed by atoms with Crippen LogP contribution in [0.4, 0.5) is 5.69 Å². The van der Waals surface area contributed by atoms with Gasteiger partial charge in [-0.3, -0.25) is 14.9 Å². The van der Waals surface area contributed by atoms with E-state index in [-0.39, 0.29) is 17.2 Å². The molecule has 6 heteroatoms. The van der Waals surface area contributed by atoms with Crippen LogP contribution in [0.25, 0.3) is 0 Å². The molecule has 0 aliphatic carbocycles. The SMILES string of the molecule is Cc1cccc(C(=O)N2CCCC(CCCl)C2)c1[N+](=O)[O-]. The molecule has 21 heavy (non-hydrogen) atoms. The second-order valence-electron chi connectivity index (χ2n) is 5.47. The number of benzene rings is 1. The van der Waals surface area contributed by atoms with E-state index in [1.165, 1.54) is 0 Å². The van der Waals surface area contributed by atoms with Gasteiger partial charge in [-0.15, -0.1) is 11.6 Å². The van der Waals surface area contributed by atoms with Crippen molar-refractivity contribution in [3.63, 3.8) is 0 Å². The monoisotopic (exact) mass is 310 g/mol. The van der Waals surface area contributed by atoms with E-state index in [2.05, 4.69) is 0 Å². The molecule has 1 saturated heterocycles. The molecule has 1 aromatic rings. The minimum Gasteiger partial charge on any atom is -0.338 e. The molecular formula is C15H19ClN2O3. The summed E-state index contributed by atoms with van der Waals surface area (Å²) in [6, 6.07) is 4.88. The van der Waals surface area contributed by atoms with Crippen LogP contribution in [0.1, 0.15) is 35.2 Å². The van der Waals surface area contributed by atoms with E-state index in [0.29, 0.717) is 30.5 Å². The van der Waals surface area contributed by atoms with Gasteiger partial charge in [-0.2, -0.15) is 0 Å². The van der Waals surface area contributed by atoms with Gasteiger partial charge in [0, 0.05) is 24.5 Å². The van der Waals surface area contributed by atoms with Crippen molar-refractivity contribution in [3.8, 4) is 0 Å². The molecule has 1 amide bonds. The van der Waals surface area contributed by atoms with Gasteiger partial charge < -0.3 is 4.90 Å². The zero-order valence-corrected chi connectivity index (χ0v) is 12.8. The van der Waals surface area contributed by atoms with E-state index in [4.69, 9.17) is 11.6 Å². The third-order valence-electron chi connectivity index (χ3n) is 3.97. The van der Waals surface area contributed by atoms with E-state index in [0.717, 1.165) is 19.3 Å². The number of likely N-dealkylation sites (tertiary alicyclic amines) is 1. The number of nitro groups is 1. The molecule has 114 valence electrons. The first-order valence-electron chi connectivity index (χ1n) is 7.13. The number of nitrogens with zero attached hydrogens (tertiary/aromatic N) is 2. The Balaban J connectivity index is 2.24. The molecule has 1 heterocycles. The van der Waals surface area contributed by atoms with E-state index in [1.54, 1.807) is 30.0 Å². The van der Waals surface area contributed by atoms with Gasteiger partial charge in [0.2, 0.25) is 0 Å². The predicted octanol–water partition coefficient (Wildman–Crippen LogP) is 3.38. The summed E-state index contributed by atoms with van der Waals surface area (Å²) in [5.41, 5.74) is 0.619. The van der Waals surface area contributed by atoms with Crippen molar-refractivity contribution in [3.05, 3.63) is 39.4 Å². The lowest BCUT2D eigenvalue weighted by atomic mass is 9.94. The number of hydrogen-bond acceptors (Lipinski definition) is 3. The molecule has 1 atom stereocenters. The molecule has 1 aliphatic rings. The lowest BCUT2D eigenvalue weighted by Crippen LogP contribution is -2.40. The van der Waals surface area contributed by atoms with Crippen molar-refractivity contribution in [2.75, 3.05) is 19.0 Å². The number of alkyl halides is 1. The van der Waals surface area contributed by atoms with Crippen molar-refractivity contribution < 1.29 is 9.72 Å². The summed E-state index contributed by atoms with van der Waals surface area (Å²) in [6.07, 6.45) is 2.86. The minimum absolute atomic E-state index is 0.0815. The summed E-state index contributed by atoms with van der Waals surface area (Å²) in [6.45, 7) is 2.95. The second-order valence-corrected chi connectivity index (χ2v) is 5.84. The number of aryl methyl sites for hydroxylation is 1. The van der Waals surface area contributed by atoms with Crippen LogP contribution in [0, 0.1) is 23.0 Å². The summed E-state index contributed by atoms with van der Waals surface area (Å²) < 4.78 is 0. The van der Waals surface area contributed by atoms with Gasteiger partial charge in [0.15, 0.2) is 0 Å². The smallest absolute Gasteiger partial charge is 0.285 e. The van der Waals surface area contributed by atoms with Gasteiger partial charge in [0.05, 0.1) is 4.92 Å². The van der Waals surface area contributed by atoms with Gasteiger partial charge in [-0.05, 0) is 38.2 Å². The fourth-order valence-corrected chi connectivity index (χ4v) is 3.19. The standard InChI is InChI=1S/C15H19ClN2O3/c1-11-4-2-6-13(14(11)18(20)21)15(19)17-9-3-5-12(10-17)7-8-16/h2,4,6,12H,3,5,7-10H2,1H3.